The van der Waals surface area contributed by atoms with Crippen LogP contribution >= 0.6 is 23.1 Å². The Balaban J connectivity index is 1.54. The van der Waals surface area contributed by atoms with Crippen LogP contribution in [-0.2, 0) is 9.53 Å². The van der Waals surface area contributed by atoms with E-state index in [0.29, 0.717) is 47.6 Å². The highest BCUT2D eigenvalue weighted by Crippen LogP contribution is 2.32. The minimum Gasteiger partial charge on any atom is -0.378 e. The summed E-state index contributed by atoms with van der Waals surface area (Å²) in [6, 6.07) is 8.32. The molecule has 1 aromatic carbocycles. The number of nitrogens with one attached hydrogen (secondary N) is 1. The molecule has 29 heavy (non-hydrogen) atoms. The Morgan fingerprint density at radius 3 is 2.69 bits per heavy atom. The number of nitrogens with zero attached hydrogens (tertiary/aromatic N) is 2. The maximum Gasteiger partial charge on any atom is 0.260 e. The summed E-state index contributed by atoms with van der Waals surface area (Å²) < 4.78 is 5.27. The number of thioether (sulfide) groups is 1. The molecule has 0 radical (unpaired) electrons. The molecule has 0 spiro atoms. The van der Waals surface area contributed by atoms with E-state index >= 15 is 0 Å². The van der Waals surface area contributed by atoms with E-state index < -0.39 is 0 Å². The van der Waals surface area contributed by atoms with Crippen LogP contribution in [0.25, 0.3) is 21.3 Å². The molecule has 3 aromatic rings. The van der Waals surface area contributed by atoms with Gasteiger partial charge in [-0.3, -0.25) is 9.59 Å². The first-order chi connectivity index (χ1) is 14.0. The summed E-state index contributed by atoms with van der Waals surface area (Å²) in [6.45, 7) is 6.71. The van der Waals surface area contributed by atoms with Gasteiger partial charge in [0.15, 0.2) is 5.16 Å². The van der Waals surface area contributed by atoms with Gasteiger partial charge in [-0.1, -0.05) is 49.9 Å². The number of hydrogen-bond donors (Lipinski definition) is 1. The second kappa shape index (κ2) is 8.69. The molecule has 1 N–H and O–H groups in total. The number of thiophene rings is 1. The number of morpholine rings is 1. The second-order valence-electron chi connectivity index (χ2n) is 7.26. The monoisotopic (exact) mass is 429 g/mol. The highest BCUT2D eigenvalue weighted by Gasteiger charge is 2.18. The van der Waals surface area contributed by atoms with Gasteiger partial charge >= 0.3 is 0 Å². The molecule has 1 saturated heterocycles. The highest BCUT2D eigenvalue weighted by atomic mass is 32.2. The summed E-state index contributed by atoms with van der Waals surface area (Å²) in [5.74, 6) is 0.759. The topological polar surface area (TPSA) is 75.3 Å². The van der Waals surface area contributed by atoms with Gasteiger partial charge in [-0.2, -0.15) is 0 Å². The molecule has 0 unspecified atom stereocenters. The lowest BCUT2D eigenvalue weighted by Gasteiger charge is -2.26. The molecule has 3 heterocycles. The lowest BCUT2D eigenvalue weighted by Crippen LogP contribution is -2.41. The van der Waals surface area contributed by atoms with Crippen LogP contribution < -0.4 is 5.56 Å². The number of hydrogen-bond acceptors (Lipinski definition) is 6. The fourth-order valence-electron chi connectivity index (χ4n) is 3.29. The summed E-state index contributed by atoms with van der Waals surface area (Å²) in [5, 5.41) is 3.06. The van der Waals surface area contributed by atoms with Crippen LogP contribution in [0.3, 0.4) is 0 Å². The summed E-state index contributed by atoms with van der Waals surface area (Å²) in [6.07, 6.45) is 0. The average Bonchev–Trinajstić information content (AvgIpc) is 3.17. The number of aromatic amines is 1. The number of rotatable bonds is 5. The molecule has 2 aromatic heterocycles. The zero-order valence-electron chi connectivity index (χ0n) is 16.4. The van der Waals surface area contributed by atoms with Crippen molar-refractivity contribution >= 4 is 39.2 Å². The van der Waals surface area contributed by atoms with E-state index in [-0.39, 0.29) is 17.2 Å². The number of H-pyrrole nitrogens is 1. The van der Waals surface area contributed by atoms with E-state index in [0.717, 1.165) is 11.1 Å². The van der Waals surface area contributed by atoms with E-state index in [1.54, 1.807) is 4.90 Å². The smallest absolute Gasteiger partial charge is 0.260 e. The predicted molar refractivity (Wildman–Crippen MR) is 118 cm³/mol. The Morgan fingerprint density at radius 1 is 1.28 bits per heavy atom. The maximum absolute atomic E-state index is 12.8. The van der Waals surface area contributed by atoms with Gasteiger partial charge < -0.3 is 14.6 Å². The van der Waals surface area contributed by atoms with Crippen molar-refractivity contribution in [1.29, 1.82) is 0 Å². The Labute approximate surface area is 177 Å². The summed E-state index contributed by atoms with van der Waals surface area (Å²) in [4.78, 5) is 35.0. The van der Waals surface area contributed by atoms with E-state index in [1.807, 2.05) is 5.38 Å². The number of carbonyl (C=O) groups excluding carboxylic acids is 1. The van der Waals surface area contributed by atoms with Gasteiger partial charge in [0, 0.05) is 24.0 Å². The lowest BCUT2D eigenvalue weighted by molar-refractivity contribution is -0.132. The van der Waals surface area contributed by atoms with Gasteiger partial charge in [-0.25, -0.2) is 4.98 Å². The number of amides is 1. The minimum atomic E-state index is -0.166. The second-order valence-corrected chi connectivity index (χ2v) is 9.08. The number of fused-ring (bicyclic) bond motifs is 1. The van der Waals surface area contributed by atoms with Crippen LogP contribution in [0, 0.1) is 0 Å². The molecule has 4 rings (SSSR count). The Kier molecular flexibility index (Phi) is 6.03. The zero-order valence-corrected chi connectivity index (χ0v) is 18.1. The molecule has 1 amide bonds. The molecule has 0 bridgehead atoms. The Hall–Kier alpha value is -2.16. The summed E-state index contributed by atoms with van der Waals surface area (Å²) in [5.41, 5.74) is 3.01. The van der Waals surface area contributed by atoms with Gasteiger partial charge in [0.1, 0.15) is 4.83 Å². The Bertz CT molecular complexity index is 1070. The van der Waals surface area contributed by atoms with Crippen LogP contribution in [0.15, 0.2) is 39.6 Å². The first-order valence-electron chi connectivity index (χ1n) is 9.63. The molecule has 152 valence electrons. The van der Waals surface area contributed by atoms with Gasteiger partial charge in [-0.05, 0) is 17.0 Å². The number of aromatic nitrogens is 2. The van der Waals surface area contributed by atoms with Crippen molar-refractivity contribution < 1.29 is 9.53 Å². The molecule has 1 aliphatic rings. The van der Waals surface area contributed by atoms with Crippen LogP contribution in [0.4, 0.5) is 0 Å². The average molecular weight is 430 g/mol. The molecule has 0 saturated carbocycles. The van der Waals surface area contributed by atoms with Crippen molar-refractivity contribution in [2.45, 2.75) is 24.9 Å². The third-order valence-corrected chi connectivity index (χ3v) is 6.74. The van der Waals surface area contributed by atoms with Gasteiger partial charge in [0.25, 0.3) is 5.56 Å². The molecular weight excluding hydrogens is 406 g/mol. The molecular formula is C21H23N3O3S2. The third kappa shape index (κ3) is 4.39. The standard InChI is InChI=1S/C21H23N3O3S2/c1-13(2)14-3-5-15(6-4-14)16-11-28-20-18(16)19(26)22-21(23-20)29-12-17(25)24-7-9-27-10-8-24/h3-6,11,13H,7-10,12H2,1-2H3,(H,22,23,26). The van der Waals surface area contributed by atoms with Crippen molar-refractivity contribution in [3.05, 3.63) is 45.6 Å². The third-order valence-electron chi connectivity index (χ3n) is 5.01. The number of carbonyl (C=O) groups is 1. The van der Waals surface area contributed by atoms with E-state index in [4.69, 9.17) is 4.74 Å². The van der Waals surface area contributed by atoms with Gasteiger partial charge in [-0.15, -0.1) is 11.3 Å². The van der Waals surface area contributed by atoms with E-state index in [1.165, 1.54) is 28.7 Å². The van der Waals surface area contributed by atoms with Crippen molar-refractivity contribution in [3.8, 4) is 11.1 Å². The quantitative estimate of drug-likeness (QED) is 0.494. The Morgan fingerprint density at radius 2 is 2.00 bits per heavy atom. The number of benzene rings is 1. The first kappa shape index (κ1) is 20.1. The van der Waals surface area contributed by atoms with Crippen molar-refractivity contribution in [2.75, 3.05) is 32.1 Å². The molecule has 0 atom stereocenters. The molecule has 1 aliphatic heterocycles. The SMILES string of the molecule is CC(C)c1ccc(-c2csc3nc(SCC(=O)N4CCOCC4)[nH]c(=O)c23)cc1. The normalized spacial score (nSPS) is 14.7. The molecule has 0 aliphatic carbocycles. The van der Waals surface area contributed by atoms with Gasteiger partial charge in [0.05, 0.1) is 24.4 Å². The number of ether oxygens (including phenoxy) is 1. The lowest BCUT2D eigenvalue weighted by atomic mass is 9.99. The molecule has 6 nitrogen and oxygen atoms in total. The van der Waals surface area contributed by atoms with Gasteiger partial charge in [0.2, 0.25) is 5.91 Å². The fourth-order valence-corrected chi connectivity index (χ4v) is 5.06. The summed E-state index contributed by atoms with van der Waals surface area (Å²) in [7, 11) is 0. The van der Waals surface area contributed by atoms with Crippen molar-refractivity contribution in [1.82, 2.24) is 14.9 Å². The van der Waals surface area contributed by atoms with Crippen LogP contribution in [-0.4, -0.2) is 52.8 Å². The van der Waals surface area contributed by atoms with Crippen LogP contribution in [0.2, 0.25) is 0 Å². The van der Waals surface area contributed by atoms with E-state index in [2.05, 4.69) is 48.1 Å². The minimum absolute atomic E-state index is 0.0400. The summed E-state index contributed by atoms with van der Waals surface area (Å²) >= 11 is 2.72. The largest absolute Gasteiger partial charge is 0.378 e. The van der Waals surface area contributed by atoms with E-state index in [9.17, 15) is 9.59 Å². The predicted octanol–water partition coefficient (Wildman–Crippen LogP) is 3.73. The molecule has 1 fully saturated rings. The highest BCUT2D eigenvalue weighted by molar-refractivity contribution is 7.99. The first-order valence-corrected chi connectivity index (χ1v) is 11.5. The van der Waals surface area contributed by atoms with Crippen LogP contribution in [0.1, 0.15) is 25.3 Å². The zero-order chi connectivity index (χ0) is 20.4. The van der Waals surface area contributed by atoms with Crippen LogP contribution in [0.5, 0.6) is 0 Å². The van der Waals surface area contributed by atoms with Crippen molar-refractivity contribution in [2.24, 2.45) is 0 Å². The molecule has 8 heteroatoms. The fraction of sp³-hybridized carbons (Fsp3) is 0.381. The van der Waals surface area contributed by atoms with Crippen molar-refractivity contribution in [3.63, 3.8) is 0 Å². The maximum atomic E-state index is 12.8.